The van der Waals surface area contributed by atoms with Crippen LogP contribution in [0.2, 0.25) is 0 Å². The molecule has 2 aromatic carbocycles. The van der Waals surface area contributed by atoms with Crippen LogP contribution in [-0.2, 0) is 0 Å². The lowest BCUT2D eigenvalue weighted by Gasteiger charge is -2.34. The third-order valence-corrected chi connectivity index (χ3v) is 5.17. The van der Waals surface area contributed by atoms with Gasteiger partial charge in [-0.2, -0.15) is 4.98 Å². The Hall–Kier alpha value is -3.94. The van der Waals surface area contributed by atoms with Gasteiger partial charge in [-0.1, -0.05) is 23.4 Å². The zero-order valence-electron chi connectivity index (χ0n) is 17.8. The van der Waals surface area contributed by atoms with Crippen molar-refractivity contribution < 1.29 is 18.4 Å². The average Bonchev–Trinajstić information content (AvgIpc) is 3.26. The van der Waals surface area contributed by atoms with E-state index in [4.69, 9.17) is 9.26 Å². The molecule has 4 rings (SSSR count). The second-order valence-corrected chi connectivity index (χ2v) is 7.22. The van der Waals surface area contributed by atoms with Gasteiger partial charge >= 0.3 is 6.03 Å². The minimum absolute atomic E-state index is 0.245. The number of halogens is 1. The lowest BCUT2D eigenvalue weighted by atomic mass is 9.94. The molecule has 1 N–H and O–H groups in total. The molecule has 0 saturated carbocycles. The van der Waals surface area contributed by atoms with Crippen LogP contribution in [0.3, 0.4) is 0 Å². The maximum absolute atomic E-state index is 13.9. The molecule has 2 heterocycles. The first-order chi connectivity index (χ1) is 15.5. The third-order valence-electron chi connectivity index (χ3n) is 5.17. The summed E-state index contributed by atoms with van der Waals surface area (Å²) in [6.07, 6.45) is 1.63. The van der Waals surface area contributed by atoms with Crippen molar-refractivity contribution in [3.05, 3.63) is 84.2 Å². The Morgan fingerprint density at radius 2 is 2.06 bits per heavy atom. The number of carbonyl (C=O) groups excluding carboxylic acids is 1. The highest BCUT2D eigenvalue weighted by atomic mass is 19.1. The van der Waals surface area contributed by atoms with Crippen LogP contribution < -0.4 is 10.1 Å². The summed E-state index contributed by atoms with van der Waals surface area (Å²) in [4.78, 5) is 18.8. The summed E-state index contributed by atoms with van der Waals surface area (Å²) in [5.41, 5.74) is 2.56. The number of nitrogens with zero attached hydrogens (tertiary/aromatic N) is 3. The smallest absolute Gasteiger partial charge is 0.322 e. The highest BCUT2D eigenvalue weighted by Gasteiger charge is 2.35. The van der Waals surface area contributed by atoms with Gasteiger partial charge in [0.2, 0.25) is 5.82 Å². The Kier molecular flexibility index (Phi) is 6.02. The predicted molar refractivity (Wildman–Crippen MR) is 118 cm³/mol. The first-order valence-corrected chi connectivity index (χ1v) is 10.2. The molecule has 0 spiro atoms. The van der Waals surface area contributed by atoms with Crippen LogP contribution >= 0.6 is 0 Å². The average molecular weight is 434 g/mol. The molecule has 164 valence electrons. The molecule has 3 aromatic rings. The second-order valence-electron chi connectivity index (χ2n) is 7.22. The number of rotatable bonds is 7. The monoisotopic (exact) mass is 434 g/mol. The van der Waals surface area contributed by atoms with E-state index in [9.17, 15) is 9.18 Å². The fraction of sp³-hybridized carbons (Fsp3) is 0.208. The van der Waals surface area contributed by atoms with E-state index in [2.05, 4.69) is 22.0 Å². The molecular formula is C24H23FN4O3. The highest BCUT2D eigenvalue weighted by molar-refractivity contribution is 5.87. The molecule has 1 aliphatic heterocycles. The first kappa shape index (κ1) is 21.3. The quantitative estimate of drug-likeness (QED) is 0.532. The summed E-state index contributed by atoms with van der Waals surface area (Å²) in [7, 11) is 0. The van der Waals surface area contributed by atoms with E-state index in [0.29, 0.717) is 35.8 Å². The van der Waals surface area contributed by atoms with Gasteiger partial charge in [-0.25, -0.2) is 9.18 Å². The Balaban J connectivity index is 1.76. The van der Waals surface area contributed by atoms with E-state index in [1.165, 1.54) is 17.0 Å². The Bertz CT molecular complexity index is 1170. The standard InChI is InChI=1S/C24H23FN4O3/c1-4-13-29-15(3)20(21(26-24(29)30)17-7-6-8-18(25)14-17)23-27-22(28-32-23)16-9-11-19(12-10-16)31-5-2/h4,6-12,14,21H,1,5,13H2,2-3H3,(H,26,30). The van der Waals surface area contributed by atoms with Crippen molar-refractivity contribution in [1.29, 1.82) is 0 Å². The highest BCUT2D eigenvalue weighted by Crippen LogP contribution is 2.37. The Morgan fingerprint density at radius 1 is 1.28 bits per heavy atom. The maximum Gasteiger partial charge on any atom is 0.322 e. The van der Waals surface area contributed by atoms with Crippen LogP contribution in [-0.4, -0.2) is 34.2 Å². The number of benzene rings is 2. The van der Waals surface area contributed by atoms with Gasteiger partial charge < -0.3 is 14.6 Å². The molecule has 1 atom stereocenters. The van der Waals surface area contributed by atoms with Crippen molar-refractivity contribution in [2.24, 2.45) is 0 Å². The van der Waals surface area contributed by atoms with E-state index < -0.39 is 11.9 Å². The van der Waals surface area contributed by atoms with Gasteiger partial charge in [-0.15, -0.1) is 6.58 Å². The lowest BCUT2D eigenvalue weighted by molar-refractivity contribution is 0.209. The van der Waals surface area contributed by atoms with E-state index in [1.54, 1.807) is 25.1 Å². The molecule has 1 aromatic heterocycles. The summed E-state index contributed by atoms with van der Waals surface area (Å²) in [5, 5.41) is 7.04. The number of allylic oxidation sites excluding steroid dienone is 1. The van der Waals surface area contributed by atoms with Crippen molar-refractivity contribution in [1.82, 2.24) is 20.4 Å². The van der Waals surface area contributed by atoms with Crippen molar-refractivity contribution >= 4 is 11.6 Å². The van der Waals surface area contributed by atoms with Gasteiger partial charge in [0.05, 0.1) is 18.2 Å². The fourth-order valence-electron chi connectivity index (χ4n) is 3.66. The first-order valence-electron chi connectivity index (χ1n) is 10.2. The van der Waals surface area contributed by atoms with Gasteiger partial charge in [0.25, 0.3) is 5.89 Å². The molecule has 0 aliphatic carbocycles. The minimum atomic E-state index is -0.645. The van der Waals surface area contributed by atoms with Crippen molar-refractivity contribution in [2.75, 3.05) is 13.2 Å². The van der Waals surface area contributed by atoms with Crippen LogP contribution in [0.5, 0.6) is 5.75 Å². The Morgan fingerprint density at radius 3 is 2.75 bits per heavy atom. The number of aromatic nitrogens is 2. The van der Waals surface area contributed by atoms with Crippen molar-refractivity contribution in [3.8, 4) is 17.1 Å². The molecule has 1 aliphatic rings. The summed E-state index contributed by atoms with van der Waals surface area (Å²) in [5.74, 6) is 0.992. The van der Waals surface area contributed by atoms with Gasteiger partial charge in [-0.3, -0.25) is 4.90 Å². The molecule has 1 unspecified atom stereocenters. The molecular weight excluding hydrogens is 411 g/mol. The van der Waals surface area contributed by atoms with Crippen LogP contribution in [0.4, 0.5) is 9.18 Å². The van der Waals surface area contributed by atoms with E-state index in [1.807, 2.05) is 31.2 Å². The van der Waals surface area contributed by atoms with Gasteiger partial charge in [-0.05, 0) is 55.8 Å². The molecule has 7 nitrogen and oxygen atoms in total. The van der Waals surface area contributed by atoms with Gasteiger partial charge in [0.1, 0.15) is 11.6 Å². The Labute approximate surface area is 185 Å². The molecule has 0 bridgehead atoms. The molecule has 2 amide bonds. The summed E-state index contributed by atoms with van der Waals surface area (Å²) in [6, 6.07) is 12.5. The maximum atomic E-state index is 13.9. The number of amides is 2. The normalized spacial score (nSPS) is 16.2. The zero-order chi connectivity index (χ0) is 22.7. The SMILES string of the molecule is C=CCN1C(=O)NC(c2cccc(F)c2)C(c2nc(-c3ccc(OCC)cc3)no2)=C1C. The predicted octanol–water partition coefficient (Wildman–Crippen LogP) is 4.96. The number of hydrogen-bond acceptors (Lipinski definition) is 5. The number of urea groups is 1. The molecule has 0 radical (unpaired) electrons. The van der Waals surface area contributed by atoms with E-state index in [-0.39, 0.29) is 11.9 Å². The number of hydrogen-bond donors (Lipinski definition) is 1. The van der Waals surface area contributed by atoms with Gasteiger partial charge in [0, 0.05) is 17.8 Å². The van der Waals surface area contributed by atoms with Crippen LogP contribution in [0, 0.1) is 5.82 Å². The number of nitrogens with one attached hydrogen (secondary N) is 1. The summed E-state index contributed by atoms with van der Waals surface area (Å²) < 4.78 is 25.0. The topological polar surface area (TPSA) is 80.5 Å². The van der Waals surface area contributed by atoms with Crippen LogP contribution in [0.15, 0.2) is 71.4 Å². The molecule has 8 heteroatoms. The number of ether oxygens (including phenoxy) is 1. The van der Waals surface area contributed by atoms with E-state index in [0.717, 1.165) is 11.3 Å². The largest absolute Gasteiger partial charge is 0.494 e. The lowest BCUT2D eigenvalue weighted by Crippen LogP contribution is -2.46. The van der Waals surface area contributed by atoms with E-state index >= 15 is 0 Å². The molecule has 32 heavy (non-hydrogen) atoms. The van der Waals surface area contributed by atoms with Gasteiger partial charge in [0.15, 0.2) is 0 Å². The van der Waals surface area contributed by atoms with Crippen LogP contribution in [0.1, 0.15) is 31.3 Å². The minimum Gasteiger partial charge on any atom is -0.494 e. The molecule has 0 fully saturated rings. The number of carbonyl (C=O) groups is 1. The van der Waals surface area contributed by atoms with Crippen molar-refractivity contribution in [2.45, 2.75) is 19.9 Å². The molecule has 0 saturated heterocycles. The third kappa shape index (κ3) is 4.12. The fourth-order valence-corrected chi connectivity index (χ4v) is 3.66. The second kappa shape index (κ2) is 9.05. The zero-order valence-corrected chi connectivity index (χ0v) is 17.8. The summed E-state index contributed by atoms with van der Waals surface area (Å²) >= 11 is 0. The van der Waals surface area contributed by atoms with Crippen molar-refractivity contribution in [3.63, 3.8) is 0 Å². The van der Waals surface area contributed by atoms with Crippen LogP contribution in [0.25, 0.3) is 17.0 Å². The summed E-state index contributed by atoms with van der Waals surface area (Å²) in [6.45, 7) is 8.31.